The maximum atomic E-state index is 11.0. The Morgan fingerprint density at radius 3 is 2.55 bits per heavy atom. The van der Waals surface area contributed by atoms with Gasteiger partial charge < -0.3 is 23.5 Å². The second-order valence-corrected chi connectivity index (χ2v) is 7.93. The Kier molecular flexibility index (Phi) is 6.91. The Balaban J connectivity index is 0.000000343. The highest BCUT2D eigenvalue weighted by Gasteiger charge is 2.23. The minimum absolute atomic E-state index is 0.162. The summed E-state index contributed by atoms with van der Waals surface area (Å²) in [5.41, 5.74) is 0. The number of nitrogens with one attached hydrogen (secondary N) is 1. The van der Waals surface area contributed by atoms with Crippen molar-refractivity contribution >= 4 is 21.5 Å². The van der Waals surface area contributed by atoms with Crippen LogP contribution >= 0.6 is 11.3 Å². The van der Waals surface area contributed by atoms with Crippen molar-refractivity contribution in [2.45, 2.75) is 11.0 Å². The van der Waals surface area contributed by atoms with Gasteiger partial charge in [-0.15, -0.1) is 11.3 Å². The number of rotatable bonds is 5. The molecule has 29 heavy (non-hydrogen) atoms. The summed E-state index contributed by atoms with van der Waals surface area (Å²) < 4.78 is 55.0. The Morgan fingerprint density at radius 1 is 1.17 bits per heavy atom. The fourth-order valence-corrected chi connectivity index (χ4v) is 3.55. The third-order valence-corrected chi connectivity index (χ3v) is 5.30. The van der Waals surface area contributed by atoms with E-state index in [1.165, 1.54) is 30.6 Å². The van der Waals surface area contributed by atoms with Gasteiger partial charge in [-0.1, -0.05) is 6.07 Å². The maximum Gasteiger partial charge on any atom is 0.172 e. The van der Waals surface area contributed by atoms with E-state index in [1.54, 1.807) is 0 Å². The van der Waals surface area contributed by atoms with E-state index in [2.05, 4.69) is 4.98 Å². The summed E-state index contributed by atoms with van der Waals surface area (Å²) in [4.78, 5) is 2.52. The molecule has 0 fully saturated rings. The van der Waals surface area contributed by atoms with E-state index >= 15 is 0 Å². The molecule has 3 heterocycles. The number of aromatic nitrogens is 1. The van der Waals surface area contributed by atoms with Gasteiger partial charge in [0.1, 0.15) is 23.3 Å². The third-order valence-electron chi connectivity index (χ3n) is 3.77. The molecule has 2 aromatic heterocycles. The van der Waals surface area contributed by atoms with Gasteiger partial charge in [-0.2, -0.15) is 0 Å². The number of hydrogen-bond donors (Lipinski definition) is 0. The van der Waals surface area contributed by atoms with Crippen molar-refractivity contribution in [2.24, 2.45) is 0 Å². The molecular weight excluding hydrogens is 418 g/mol. The number of H-pyrrole nitrogens is 1. The summed E-state index contributed by atoms with van der Waals surface area (Å²) in [7, 11) is -3.18. The summed E-state index contributed by atoms with van der Waals surface area (Å²) in [6.07, 6.45) is 3.45. The number of pyridine rings is 1. The van der Waals surface area contributed by atoms with Crippen molar-refractivity contribution in [2.75, 3.05) is 20.3 Å². The highest BCUT2D eigenvalue weighted by Crippen LogP contribution is 2.36. The van der Waals surface area contributed by atoms with Gasteiger partial charge in [0.2, 0.25) is 0 Å². The molecule has 1 N–H and O–H groups in total. The SMILES string of the molecule is COc1cc(S(=O)(=O)[O-])ccc1OCC1COc2cscc2O1.c1cc[nH+]cc1. The average molecular weight is 437 g/mol. The lowest BCUT2D eigenvalue weighted by Gasteiger charge is -2.24. The van der Waals surface area contributed by atoms with Crippen LogP contribution in [0.1, 0.15) is 0 Å². The molecule has 154 valence electrons. The molecular formula is C19H19NO7S2. The molecule has 3 aromatic rings. The highest BCUT2D eigenvalue weighted by molar-refractivity contribution is 7.85. The lowest BCUT2D eigenvalue weighted by atomic mass is 10.3. The van der Waals surface area contributed by atoms with Gasteiger partial charge in [-0.05, 0) is 12.1 Å². The van der Waals surface area contributed by atoms with Crippen LogP contribution in [-0.2, 0) is 10.1 Å². The van der Waals surface area contributed by atoms with Crippen LogP contribution < -0.4 is 23.9 Å². The van der Waals surface area contributed by atoms with E-state index in [-0.39, 0.29) is 23.4 Å². The standard InChI is InChI=1S/C14H14O7S2.C5H5N/c1-18-12-4-10(23(15,16)17)2-3-11(12)19-5-9-6-20-13-7-22-8-14(13)21-9;1-2-4-6-5-3-1/h2-4,7-9H,5-6H2,1H3,(H,15,16,17);1-5H. The van der Waals surface area contributed by atoms with Crippen molar-refractivity contribution in [3.63, 3.8) is 0 Å². The van der Waals surface area contributed by atoms with Gasteiger partial charge in [-0.3, -0.25) is 0 Å². The quantitative estimate of drug-likeness (QED) is 0.564. The molecule has 10 heteroatoms. The van der Waals surface area contributed by atoms with Gasteiger partial charge >= 0.3 is 0 Å². The Morgan fingerprint density at radius 2 is 1.93 bits per heavy atom. The van der Waals surface area contributed by atoms with Gasteiger partial charge in [0.25, 0.3) is 0 Å². The fraction of sp³-hybridized carbons (Fsp3) is 0.211. The normalized spacial score (nSPS) is 15.0. The maximum absolute atomic E-state index is 11.0. The Hall–Kier alpha value is -2.82. The van der Waals surface area contributed by atoms with Crippen LogP contribution in [-0.4, -0.2) is 39.4 Å². The van der Waals surface area contributed by atoms with Crippen molar-refractivity contribution in [3.05, 3.63) is 59.6 Å². The average Bonchev–Trinajstić information content (AvgIpc) is 3.21. The number of fused-ring (bicyclic) bond motifs is 1. The lowest BCUT2D eigenvalue weighted by Crippen LogP contribution is -2.34. The van der Waals surface area contributed by atoms with Crippen LogP contribution in [0.25, 0.3) is 0 Å². The predicted octanol–water partition coefficient (Wildman–Crippen LogP) is 2.38. The molecule has 0 amide bonds. The second-order valence-electron chi connectivity index (χ2n) is 5.81. The summed E-state index contributed by atoms with van der Waals surface area (Å²) in [5, 5.41) is 3.70. The number of thiophene rings is 1. The monoisotopic (exact) mass is 437 g/mol. The molecule has 1 unspecified atom stereocenters. The third kappa shape index (κ3) is 5.83. The molecule has 0 aliphatic carbocycles. The first-order chi connectivity index (χ1) is 14.0. The van der Waals surface area contributed by atoms with Crippen LogP contribution in [0.2, 0.25) is 0 Å². The van der Waals surface area contributed by atoms with Gasteiger partial charge in [0.05, 0.1) is 12.0 Å². The van der Waals surface area contributed by atoms with E-state index < -0.39 is 10.1 Å². The number of hydrogen-bond acceptors (Lipinski definition) is 8. The molecule has 0 radical (unpaired) electrons. The Bertz CT molecular complexity index is 995. The minimum Gasteiger partial charge on any atom is -0.744 e. The van der Waals surface area contributed by atoms with Gasteiger partial charge in [0, 0.05) is 29.0 Å². The first-order valence-corrected chi connectivity index (χ1v) is 10.9. The summed E-state index contributed by atoms with van der Waals surface area (Å²) in [5.74, 6) is 1.87. The van der Waals surface area contributed by atoms with Crippen LogP contribution in [0.3, 0.4) is 0 Å². The van der Waals surface area contributed by atoms with Crippen molar-refractivity contribution in [3.8, 4) is 23.0 Å². The topological polar surface area (TPSA) is 108 Å². The van der Waals surface area contributed by atoms with Crippen LogP contribution in [0.5, 0.6) is 23.0 Å². The Labute approximate surface area is 172 Å². The smallest absolute Gasteiger partial charge is 0.172 e. The molecule has 0 bridgehead atoms. The zero-order valence-corrected chi connectivity index (χ0v) is 17.1. The van der Waals surface area contributed by atoms with Crippen molar-refractivity contribution < 1.29 is 36.9 Å². The largest absolute Gasteiger partial charge is 0.744 e. The number of aromatic amines is 1. The molecule has 8 nitrogen and oxygen atoms in total. The molecule has 4 rings (SSSR count). The highest BCUT2D eigenvalue weighted by atomic mass is 32.2. The summed E-state index contributed by atoms with van der Waals surface area (Å²) in [6, 6.07) is 9.54. The van der Waals surface area contributed by atoms with Crippen LogP contribution in [0, 0.1) is 0 Å². The van der Waals surface area contributed by atoms with E-state index in [4.69, 9.17) is 18.9 Å². The van der Waals surface area contributed by atoms with Crippen LogP contribution in [0.4, 0.5) is 0 Å². The van der Waals surface area contributed by atoms with Gasteiger partial charge in [0.15, 0.2) is 41.5 Å². The number of methoxy groups -OCH3 is 1. The molecule has 0 saturated heterocycles. The number of benzene rings is 1. The zero-order valence-electron chi connectivity index (χ0n) is 15.4. The number of ether oxygens (including phenoxy) is 4. The van der Waals surface area contributed by atoms with E-state index in [1.807, 2.05) is 41.4 Å². The molecule has 1 aliphatic heterocycles. The minimum atomic E-state index is -4.54. The van der Waals surface area contributed by atoms with E-state index in [0.717, 1.165) is 6.07 Å². The zero-order chi connectivity index (χ0) is 20.7. The molecule has 1 aromatic carbocycles. The second kappa shape index (κ2) is 9.59. The lowest BCUT2D eigenvalue weighted by molar-refractivity contribution is -0.377. The summed E-state index contributed by atoms with van der Waals surface area (Å²) in [6.45, 7) is 0.536. The molecule has 1 atom stereocenters. The molecule has 0 saturated carbocycles. The predicted molar refractivity (Wildman–Crippen MR) is 104 cm³/mol. The van der Waals surface area contributed by atoms with Crippen LogP contribution in [0.15, 0.2) is 64.4 Å². The van der Waals surface area contributed by atoms with Crippen molar-refractivity contribution in [1.82, 2.24) is 0 Å². The first kappa shape index (κ1) is 20.9. The van der Waals surface area contributed by atoms with E-state index in [0.29, 0.717) is 23.9 Å². The molecule has 0 spiro atoms. The summed E-state index contributed by atoms with van der Waals surface area (Å²) >= 11 is 1.48. The van der Waals surface area contributed by atoms with Crippen molar-refractivity contribution in [1.29, 1.82) is 0 Å². The first-order valence-electron chi connectivity index (χ1n) is 8.51. The fourth-order valence-electron chi connectivity index (χ4n) is 2.39. The van der Waals surface area contributed by atoms with Gasteiger partial charge in [-0.25, -0.2) is 13.4 Å². The van der Waals surface area contributed by atoms with E-state index in [9.17, 15) is 13.0 Å². The molecule has 1 aliphatic rings.